The third-order valence-corrected chi connectivity index (χ3v) is 4.24. The molecule has 23 heavy (non-hydrogen) atoms. The van der Waals surface area contributed by atoms with Crippen LogP contribution in [0.1, 0.15) is 67.8 Å². The van der Waals surface area contributed by atoms with Crippen LogP contribution < -0.4 is 9.47 Å². The van der Waals surface area contributed by atoms with E-state index in [-0.39, 0.29) is 6.29 Å². The SMILES string of the molecule is CCCCCCc1cc(C=O)c(OC)cc1OC1CCCCO1. The van der Waals surface area contributed by atoms with Crippen molar-refractivity contribution in [2.45, 2.75) is 64.6 Å². The van der Waals surface area contributed by atoms with Crippen molar-refractivity contribution in [3.05, 3.63) is 23.3 Å². The van der Waals surface area contributed by atoms with Gasteiger partial charge < -0.3 is 14.2 Å². The van der Waals surface area contributed by atoms with Crippen molar-refractivity contribution >= 4 is 6.29 Å². The molecule has 128 valence electrons. The summed E-state index contributed by atoms with van der Waals surface area (Å²) in [5, 5.41) is 0. The lowest BCUT2D eigenvalue weighted by Gasteiger charge is -2.25. The topological polar surface area (TPSA) is 44.8 Å². The second kappa shape index (κ2) is 9.56. The van der Waals surface area contributed by atoms with Crippen molar-refractivity contribution in [1.82, 2.24) is 0 Å². The summed E-state index contributed by atoms with van der Waals surface area (Å²) in [4.78, 5) is 11.3. The fraction of sp³-hybridized carbons (Fsp3) is 0.632. The molecule has 1 saturated heterocycles. The predicted octanol–water partition coefficient (Wildman–Crippen LogP) is 4.54. The molecule has 4 nitrogen and oxygen atoms in total. The summed E-state index contributed by atoms with van der Waals surface area (Å²) >= 11 is 0. The van der Waals surface area contributed by atoms with Gasteiger partial charge in [-0.3, -0.25) is 4.79 Å². The van der Waals surface area contributed by atoms with Gasteiger partial charge in [0.25, 0.3) is 0 Å². The molecule has 0 N–H and O–H groups in total. The van der Waals surface area contributed by atoms with Crippen LogP contribution in [0.15, 0.2) is 12.1 Å². The van der Waals surface area contributed by atoms with Crippen LogP contribution in [-0.2, 0) is 11.2 Å². The highest BCUT2D eigenvalue weighted by Gasteiger charge is 2.19. The number of ether oxygens (including phenoxy) is 3. The number of aldehydes is 1. The molecule has 0 aliphatic carbocycles. The lowest BCUT2D eigenvalue weighted by molar-refractivity contribution is -0.106. The zero-order chi connectivity index (χ0) is 16.5. The first kappa shape index (κ1) is 17.8. The van der Waals surface area contributed by atoms with Gasteiger partial charge in [0.1, 0.15) is 11.5 Å². The number of methoxy groups -OCH3 is 1. The average molecular weight is 320 g/mol. The van der Waals surface area contributed by atoms with E-state index in [0.717, 1.165) is 56.3 Å². The van der Waals surface area contributed by atoms with Gasteiger partial charge in [0, 0.05) is 12.5 Å². The van der Waals surface area contributed by atoms with Crippen molar-refractivity contribution in [1.29, 1.82) is 0 Å². The van der Waals surface area contributed by atoms with E-state index in [1.54, 1.807) is 7.11 Å². The lowest BCUT2D eigenvalue weighted by Crippen LogP contribution is -2.25. The van der Waals surface area contributed by atoms with E-state index in [1.807, 2.05) is 12.1 Å². The number of benzene rings is 1. The van der Waals surface area contributed by atoms with E-state index in [2.05, 4.69) is 6.92 Å². The molecule has 1 heterocycles. The molecule has 1 aromatic carbocycles. The normalized spacial score (nSPS) is 17.7. The standard InChI is InChI=1S/C19H28O4/c1-3-4-5-6-9-15-12-16(14-20)17(21-2)13-18(15)23-19-10-7-8-11-22-19/h12-14,19H,3-11H2,1-2H3. The number of unbranched alkanes of at least 4 members (excludes halogenated alkanes) is 3. The fourth-order valence-electron chi connectivity index (χ4n) is 2.89. The number of hydrogen-bond donors (Lipinski definition) is 0. The second-order valence-corrected chi connectivity index (χ2v) is 6.04. The van der Waals surface area contributed by atoms with Gasteiger partial charge in [-0.15, -0.1) is 0 Å². The Labute approximate surface area is 139 Å². The molecule has 2 rings (SSSR count). The quantitative estimate of drug-likeness (QED) is 0.495. The monoisotopic (exact) mass is 320 g/mol. The van der Waals surface area contributed by atoms with Gasteiger partial charge in [-0.05, 0) is 37.3 Å². The Bertz CT molecular complexity index is 492. The third kappa shape index (κ3) is 5.24. The molecule has 4 heteroatoms. The molecule has 1 aromatic rings. The molecule has 0 radical (unpaired) electrons. The van der Waals surface area contributed by atoms with Gasteiger partial charge in [-0.2, -0.15) is 0 Å². The van der Waals surface area contributed by atoms with Crippen molar-refractivity contribution in [2.75, 3.05) is 13.7 Å². The van der Waals surface area contributed by atoms with Crippen molar-refractivity contribution < 1.29 is 19.0 Å². The Kier molecular flexibility index (Phi) is 7.40. The lowest BCUT2D eigenvalue weighted by atomic mass is 10.0. The average Bonchev–Trinajstić information content (AvgIpc) is 2.60. The Balaban J connectivity index is 2.15. The molecular weight excluding hydrogens is 292 g/mol. The number of aryl methyl sites for hydroxylation is 1. The van der Waals surface area contributed by atoms with Crippen molar-refractivity contribution in [3.63, 3.8) is 0 Å². The highest BCUT2D eigenvalue weighted by atomic mass is 16.7. The fourth-order valence-corrected chi connectivity index (χ4v) is 2.89. The molecule has 1 fully saturated rings. The Morgan fingerprint density at radius 3 is 2.74 bits per heavy atom. The molecule has 1 aliphatic rings. The van der Waals surface area contributed by atoms with Crippen LogP contribution in [0.4, 0.5) is 0 Å². The van der Waals surface area contributed by atoms with Crippen LogP contribution in [0.2, 0.25) is 0 Å². The third-order valence-electron chi connectivity index (χ3n) is 4.24. The van der Waals surface area contributed by atoms with E-state index in [4.69, 9.17) is 14.2 Å². The summed E-state index contributed by atoms with van der Waals surface area (Å²) in [6.07, 6.45) is 9.43. The number of carbonyl (C=O) groups excluding carboxylic acids is 1. The molecule has 0 saturated carbocycles. The van der Waals surface area contributed by atoms with Gasteiger partial charge in [-0.25, -0.2) is 0 Å². The van der Waals surface area contributed by atoms with Crippen LogP contribution in [0.25, 0.3) is 0 Å². The van der Waals surface area contributed by atoms with Gasteiger partial charge >= 0.3 is 0 Å². The number of hydrogen-bond acceptors (Lipinski definition) is 4. The van der Waals surface area contributed by atoms with Gasteiger partial charge in [0.05, 0.1) is 19.3 Å². The number of rotatable bonds is 9. The van der Waals surface area contributed by atoms with Gasteiger partial charge in [0.2, 0.25) is 0 Å². The molecule has 1 atom stereocenters. The highest BCUT2D eigenvalue weighted by molar-refractivity contribution is 5.80. The number of carbonyl (C=O) groups is 1. The van der Waals surface area contributed by atoms with Gasteiger partial charge in [0.15, 0.2) is 12.6 Å². The largest absolute Gasteiger partial charge is 0.496 e. The zero-order valence-corrected chi connectivity index (χ0v) is 14.3. The summed E-state index contributed by atoms with van der Waals surface area (Å²) in [6, 6.07) is 3.73. The molecular formula is C19H28O4. The van der Waals surface area contributed by atoms with Crippen LogP contribution >= 0.6 is 0 Å². The van der Waals surface area contributed by atoms with Gasteiger partial charge in [-0.1, -0.05) is 26.2 Å². The maximum atomic E-state index is 11.3. The van der Waals surface area contributed by atoms with Crippen LogP contribution in [0, 0.1) is 0 Å². The Morgan fingerprint density at radius 1 is 1.22 bits per heavy atom. The summed E-state index contributed by atoms with van der Waals surface area (Å²) < 4.78 is 17.1. The molecule has 1 aliphatic heterocycles. The Hall–Kier alpha value is -1.55. The summed E-state index contributed by atoms with van der Waals surface area (Å²) in [7, 11) is 1.57. The molecule has 1 unspecified atom stereocenters. The maximum absolute atomic E-state index is 11.3. The van der Waals surface area contributed by atoms with Crippen LogP contribution in [0.5, 0.6) is 11.5 Å². The minimum atomic E-state index is -0.190. The van der Waals surface area contributed by atoms with Crippen molar-refractivity contribution in [2.24, 2.45) is 0 Å². The summed E-state index contributed by atoms with van der Waals surface area (Å²) in [5.41, 5.74) is 1.65. The van der Waals surface area contributed by atoms with E-state index in [1.165, 1.54) is 19.3 Å². The first-order valence-electron chi connectivity index (χ1n) is 8.72. The predicted molar refractivity (Wildman–Crippen MR) is 90.4 cm³/mol. The van der Waals surface area contributed by atoms with E-state index in [0.29, 0.717) is 11.3 Å². The molecule has 0 spiro atoms. The van der Waals surface area contributed by atoms with E-state index >= 15 is 0 Å². The molecule has 0 aromatic heterocycles. The second-order valence-electron chi connectivity index (χ2n) is 6.04. The molecule has 0 amide bonds. The van der Waals surface area contributed by atoms with E-state index < -0.39 is 0 Å². The maximum Gasteiger partial charge on any atom is 0.199 e. The smallest absolute Gasteiger partial charge is 0.199 e. The highest BCUT2D eigenvalue weighted by Crippen LogP contribution is 2.31. The van der Waals surface area contributed by atoms with Crippen molar-refractivity contribution in [3.8, 4) is 11.5 Å². The summed E-state index contributed by atoms with van der Waals surface area (Å²) in [6.45, 7) is 2.95. The minimum Gasteiger partial charge on any atom is -0.496 e. The minimum absolute atomic E-state index is 0.190. The Morgan fingerprint density at radius 2 is 2.09 bits per heavy atom. The van der Waals surface area contributed by atoms with E-state index in [9.17, 15) is 4.79 Å². The summed E-state index contributed by atoms with van der Waals surface area (Å²) in [5.74, 6) is 1.35. The first-order chi connectivity index (χ1) is 11.3. The first-order valence-corrected chi connectivity index (χ1v) is 8.72. The van der Waals surface area contributed by atoms with Crippen LogP contribution in [0.3, 0.4) is 0 Å². The molecule has 0 bridgehead atoms. The van der Waals surface area contributed by atoms with Crippen LogP contribution in [-0.4, -0.2) is 26.3 Å². The zero-order valence-electron chi connectivity index (χ0n) is 14.3.